The lowest BCUT2D eigenvalue weighted by Gasteiger charge is -2.39. The van der Waals surface area contributed by atoms with Crippen molar-refractivity contribution in [1.82, 2.24) is 15.5 Å². The lowest BCUT2D eigenvalue weighted by atomic mass is 9.80. The molecule has 0 radical (unpaired) electrons. The number of carbonyl (C=O) groups is 2. The first-order valence-corrected chi connectivity index (χ1v) is 8.34. The molecule has 2 rings (SSSR count). The zero-order valence-corrected chi connectivity index (χ0v) is 14.1. The van der Waals surface area contributed by atoms with Crippen LogP contribution < -0.4 is 10.6 Å². The van der Waals surface area contributed by atoms with E-state index in [0.29, 0.717) is 18.7 Å². The third-order valence-electron chi connectivity index (χ3n) is 4.44. The SMILES string of the molecule is CNCCCNC(=O)C1(C)CCCN(C(=O)c2ccccc2)C1. The number of likely N-dealkylation sites (tertiary alicyclic amines) is 1. The second-order valence-electron chi connectivity index (χ2n) is 6.47. The normalized spacial score (nSPS) is 21.0. The molecule has 0 spiro atoms. The maximum Gasteiger partial charge on any atom is 0.253 e. The highest BCUT2D eigenvalue weighted by molar-refractivity contribution is 5.95. The predicted molar refractivity (Wildman–Crippen MR) is 91.2 cm³/mol. The van der Waals surface area contributed by atoms with Crippen molar-refractivity contribution in [3.63, 3.8) is 0 Å². The average Bonchev–Trinajstić information content (AvgIpc) is 2.58. The number of carbonyl (C=O) groups excluding carboxylic acids is 2. The second-order valence-corrected chi connectivity index (χ2v) is 6.47. The van der Waals surface area contributed by atoms with Crippen LogP contribution in [0.25, 0.3) is 0 Å². The predicted octanol–water partition coefficient (Wildman–Crippen LogP) is 1.65. The third-order valence-corrected chi connectivity index (χ3v) is 4.44. The molecule has 1 unspecified atom stereocenters. The number of hydrogen-bond acceptors (Lipinski definition) is 3. The molecule has 1 aliphatic rings. The Hall–Kier alpha value is -1.88. The lowest BCUT2D eigenvalue weighted by Crippen LogP contribution is -2.52. The van der Waals surface area contributed by atoms with Gasteiger partial charge in [0.1, 0.15) is 0 Å². The van der Waals surface area contributed by atoms with Crippen LogP contribution in [-0.4, -0.2) is 49.9 Å². The van der Waals surface area contributed by atoms with Crippen LogP contribution in [0.2, 0.25) is 0 Å². The molecule has 1 saturated heterocycles. The Kier molecular flexibility index (Phi) is 6.16. The molecule has 23 heavy (non-hydrogen) atoms. The van der Waals surface area contributed by atoms with Gasteiger partial charge in [0.05, 0.1) is 5.41 Å². The molecule has 1 fully saturated rings. The van der Waals surface area contributed by atoms with Gasteiger partial charge in [0.2, 0.25) is 5.91 Å². The van der Waals surface area contributed by atoms with Gasteiger partial charge in [0, 0.05) is 25.2 Å². The van der Waals surface area contributed by atoms with Crippen molar-refractivity contribution in [3.8, 4) is 0 Å². The molecule has 0 aliphatic carbocycles. The average molecular weight is 317 g/mol. The molecule has 5 heteroatoms. The smallest absolute Gasteiger partial charge is 0.253 e. The molecule has 1 aromatic carbocycles. The van der Waals surface area contributed by atoms with E-state index in [2.05, 4.69) is 10.6 Å². The van der Waals surface area contributed by atoms with Gasteiger partial charge < -0.3 is 15.5 Å². The van der Waals surface area contributed by atoms with Crippen LogP contribution in [-0.2, 0) is 4.79 Å². The Morgan fingerprint density at radius 2 is 1.96 bits per heavy atom. The maximum absolute atomic E-state index is 12.6. The van der Waals surface area contributed by atoms with Gasteiger partial charge >= 0.3 is 0 Å². The monoisotopic (exact) mass is 317 g/mol. The van der Waals surface area contributed by atoms with Crippen LogP contribution >= 0.6 is 0 Å². The summed E-state index contributed by atoms with van der Waals surface area (Å²) in [5, 5.41) is 6.08. The van der Waals surface area contributed by atoms with Gasteiger partial charge in [0.15, 0.2) is 0 Å². The van der Waals surface area contributed by atoms with Gasteiger partial charge in [-0.05, 0) is 51.9 Å². The Balaban J connectivity index is 1.96. The van der Waals surface area contributed by atoms with Gasteiger partial charge in [-0.25, -0.2) is 0 Å². The third kappa shape index (κ3) is 4.55. The molecule has 2 amide bonds. The molecular weight excluding hydrogens is 290 g/mol. The molecule has 1 heterocycles. The molecule has 0 bridgehead atoms. The number of nitrogens with zero attached hydrogens (tertiary/aromatic N) is 1. The summed E-state index contributed by atoms with van der Waals surface area (Å²) in [5.41, 5.74) is 0.189. The Bertz CT molecular complexity index is 532. The second kappa shape index (κ2) is 8.11. The summed E-state index contributed by atoms with van der Waals surface area (Å²) in [6, 6.07) is 9.28. The first-order chi connectivity index (χ1) is 11.1. The van der Waals surface area contributed by atoms with Crippen molar-refractivity contribution in [2.45, 2.75) is 26.2 Å². The Morgan fingerprint density at radius 1 is 1.22 bits per heavy atom. The van der Waals surface area contributed by atoms with E-state index in [4.69, 9.17) is 0 Å². The van der Waals surface area contributed by atoms with Gasteiger partial charge in [-0.2, -0.15) is 0 Å². The van der Waals surface area contributed by atoms with Crippen molar-refractivity contribution in [1.29, 1.82) is 0 Å². The summed E-state index contributed by atoms with van der Waals surface area (Å²) in [6.45, 7) is 4.72. The van der Waals surface area contributed by atoms with Crippen LogP contribution in [0.5, 0.6) is 0 Å². The van der Waals surface area contributed by atoms with Crippen LogP contribution in [0.1, 0.15) is 36.5 Å². The summed E-state index contributed by atoms with van der Waals surface area (Å²) in [7, 11) is 1.90. The highest BCUT2D eigenvalue weighted by Crippen LogP contribution is 2.30. The first-order valence-electron chi connectivity index (χ1n) is 8.34. The molecule has 0 aromatic heterocycles. The molecule has 1 aliphatic heterocycles. The zero-order valence-electron chi connectivity index (χ0n) is 14.1. The fraction of sp³-hybridized carbons (Fsp3) is 0.556. The molecule has 0 saturated carbocycles. The number of benzene rings is 1. The molecule has 1 aromatic rings. The van der Waals surface area contributed by atoms with E-state index in [1.807, 2.05) is 49.2 Å². The maximum atomic E-state index is 12.6. The molecular formula is C18H27N3O2. The van der Waals surface area contributed by atoms with Crippen molar-refractivity contribution in [2.24, 2.45) is 5.41 Å². The van der Waals surface area contributed by atoms with Gasteiger partial charge in [-0.15, -0.1) is 0 Å². The number of piperidine rings is 1. The van der Waals surface area contributed by atoms with Crippen LogP contribution in [0.3, 0.4) is 0 Å². The Labute approximate surface area is 138 Å². The van der Waals surface area contributed by atoms with E-state index >= 15 is 0 Å². The van der Waals surface area contributed by atoms with Crippen molar-refractivity contribution < 1.29 is 9.59 Å². The molecule has 1 atom stereocenters. The quantitative estimate of drug-likeness (QED) is 0.784. The van der Waals surface area contributed by atoms with E-state index in [1.165, 1.54) is 0 Å². The van der Waals surface area contributed by atoms with Crippen molar-refractivity contribution in [2.75, 3.05) is 33.2 Å². The number of hydrogen-bond donors (Lipinski definition) is 2. The summed E-state index contributed by atoms with van der Waals surface area (Å²) in [4.78, 5) is 26.9. The largest absolute Gasteiger partial charge is 0.356 e. The fourth-order valence-corrected chi connectivity index (χ4v) is 3.04. The van der Waals surface area contributed by atoms with Crippen LogP contribution in [0.15, 0.2) is 30.3 Å². The standard InChI is InChI=1S/C18H27N3O2/c1-18(17(23)20-12-7-11-19-2)10-6-13-21(14-18)16(22)15-8-4-3-5-9-15/h3-5,8-9,19H,6-7,10-14H2,1-2H3,(H,20,23). The summed E-state index contributed by atoms with van der Waals surface area (Å²) < 4.78 is 0. The van der Waals surface area contributed by atoms with E-state index in [9.17, 15) is 9.59 Å². The number of rotatable bonds is 6. The highest BCUT2D eigenvalue weighted by Gasteiger charge is 2.39. The van der Waals surface area contributed by atoms with E-state index in [0.717, 1.165) is 32.4 Å². The topological polar surface area (TPSA) is 61.4 Å². The summed E-state index contributed by atoms with van der Waals surface area (Å²) >= 11 is 0. The van der Waals surface area contributed by atoms with E-state index in [-0.39, 0.29) is 11.8 Å². The van der Waals surface area contributed by atoms with Gasteiger partial charge in [0.25, 0.3) is 5.91 Å². The Morgan fingerprint density at radius 3 is 2.65 bits per heavy atom. The fourth-order valence-electron chi connectivity index (χ4n) is 3.04. The van der Waals surface area contributed by atoms with Crippen molar-refractivity contribution in [3.05, 3.63) is 35.9 Å². The minimum Gasteiger partial charge on any atom is -0.356 e. The molecule has 126 valence electrons. The van der Waals surface area contributed by atoms with Crippen LogP contribution in [0.4, 0.5) is 0 Å². The molecule has 2 N–H and O–H groups in total. The first kappa shape index (κ1) is 17.5. The minimum absolute atomic E-state index is 0.0134. The summed E-state index contributed by atoms with van der Waals surface area (Å²) in [5.74, 6) is 0.0682. The number of amides is 2. The van der Waals surface area contributed by atoms with Gasteiger partial charge in [-0.3, -0.25) is 9.59 Å². The van der Waals surface area contributed by atoms with Gasteiger partial charge in [-0.1, -0.05) is 18.2 Å². The summed E-state index contributed by atoms with van der Waals surface area (Å²) in [6.07, 6.45) is 2.59. The highest BCUT2D eigenvalue weighted by atomic mass is 16.2. The van der Waals surface area contributed by atoms with E-state index < -0.39 is 5.41 Å². The molecule has 5 nitrogen and oxygen atoms in total. The van der Waals surface area contributed by atoms with Crippen molar-refractivity contribution >= 4 is 11.8 Å². The lowest BCUT2D eigenvalue weighted by molar-refractivity contribution is -0.132. The zero-order chi connectivity index (χ0) is 16.7. The minimum atomic E-state index is -0.498. The van der Waals surface area contributed by atoms with Crippen LogP contribution in [0, 0.1) is 5.41 Å². The van der Waals surface area contributed by atoms with E-state index in [1.54, 1.807) is 0 Å². The number of nitrogens with one attached hydrogen (secondary N) is 2.